The molecule has 6 heterocycles. The van der Waals surface area contributed by atoms with Crippen molar-refractivity contribution in [1.29, 1.82) is 0 Å². The fourth-order valence-electron chi connectivity index (χ4n) is 12.1. The Kier molecular flexibility index (Phi) is 53.5. The summed E-state index contributed by atoms with van der Waals surface area (Å²) in [7, 11) is 0. The van der Waals surface area contributed by atoms with Gasteiger partial charge < -0.3 is 45.2 Å². The molecule has 0 saturated heterocycles. The highest BCUT2D eigenvalue weighted by atomic mass is 16.3. The van der Waals surface area contributed by atoms with E-state index in [4.69, 9.17) is 15.3 Å². The Morgan fingerprint density at radius 2 is 0.513 bits per heavy atom. The maximum atomic E-state index is 8.98. The number of H-pyrrole nitrogens is 6. The molecule has 0 saturated carbocycles. The van der Waals surface area contributed by atoms with Crippen LogP contribution in [0.3, 0.4) is 0 Å². The molecule has 0 bridgehead atoms. The van der Waals surface area contributed by atoms with Gasteiger partial charge in [-0.1, -0.05) is 316 Å². The standard InChI is InChI=1S/C12H15N.C11H13N.C10H11N.C10H14O.C10H14.C9H12O.C9H12.C8H10O.C8H10.C7H12N2.C6H10N2.C5H8N2/c1-2-3-6-10-9-13-12-8-5-4-7-11(10)12;1-2-5-9-8-12-11-7-4-3-6-10(9)11;1-2-8-7-11-10-6-4-3-5-9(8)10;1-2-3-4-9-5-7-10(11)8-6-9;1-2-3-7-10-8-5-4-6-9-10;1-2-3-8-4-6-9(10)7-5-8;1-2-6-9-7-4-3-5-8-9;1-2-7-3-5-8(9)6-4-7;1-2-8-6-4-3-5-7-8;1-2-3-4-7-5-8-6-9-7;1-2-3-6-4-7-5-8-6;1-2-5-3-6-4-7-5/h4-5,7-9,13H,2-3,6H2,1H3;3-4,6-8,12H,2,5H2,1H3;3-7,11H,2H2,1H3;5-8,11H,2-4H2,1H3;4-6,8-9H,2-3,7H2,1H3;4-7,10H,2-3H2,1H3;3-5,7-8H,2,6H2,1H3;3-6,9H,2H2,1H3;3-7H,2H2,1H3;5-6H,2-4H2,1H3,(H,8,9);4-5H,2-3H2,1H3,(H,7,8);3-4H,2H2,1H3,(H,6,7). The maximum Gasteiger partial charge on any atom is 0.115 e. The number of rotatable bonds is 24. The lowest BCUT2D eigenvalue weighted by molar-refractivity contribution is 0.474. The summed E-state index contributed by atoms with van der Waals surface area (Å²) in [5.41, 5.74) is 19.9. The van der Waals surface area contributed by atoms with Crippen LogP contribution in [0.5, 0.6) is 17.2 Å². The van der Waals surface area contributed by atoms with Gasteiger partial charge in [-0.15, -0.1) is 0 Å². The number of nitrogens with one attached hydrogen (secondary N) is 6. The molecule has 0 atom stereocenters. The number of imidazole rings is 3. The third kappa shape index (κ3) is 43.2. The van der Waals surface area contributed by atoms with Gasteiger partial charge in [0, 0.05) is 87.0 Å². The lowest BCUT2D eigenvalue weighted by Gasteiger charge is -1.98. The molecule has 6 aromatic heterocycles. The first-order valence-electron chi connectivity index (χ1n) is 43.3. The number of aromatic amines is 6. The average Bonchev–Trinajstić information content (AvgIpc) is 1.71. The Morgan fingerprint density at radius 1 is 0.222 bits per heavy atom. The lowest BCUT2D eigenvalue weighted by Crippen LogP contribution is -1.82. The van der Waals surface area contributed by atoms with Crippen molar-refractivity contribution in [3.8, 4) is 17.2 Å². The first kappa shape index (κ1) is 98.0. The molecule has 0 aliphatic carbocycles. The van der Waals surface area contributed by atoms with E-state index in [-0.39, 0.29) is 0 Å². The van der Waals surface area contributed by atoms with Crippen molar-refractivity contribution in [2.75, 3.05) is 0 Å². The number of benzene rings is 9. The Bertz CT molecular complexity index is 4680. The van der Waals surface area contributed by atoms with Crippen LogP contribution < -0.4 is 0 Å². The van der Waals surface area contributed by atoms with Crippen molar-refractivity contribution in [3.05, 3.63) is 360 Å². The highest BCUT2D eigenvalue weighted by Crippen LogP contribution is 2.22. The molecule has 0 aliphatic rings. The summed E-state index contributed by atoms with van der Waals surface area (Å²) in [5.74, 6) is 1.04. The lowest BCUT2D eigenvalue weighted by atomic mass is 10.1. The summed E-state index contributed by atoms with van der Waals surface area (Å²) in [4.78, 5) is 30.5. The van der Waals surface area contributed by atoms with Crippen LogP contribution in [0.15, 0.2) is 293 Å². The summed E-state index contributed by atoms with van der Waals surface area (Å²) in [6.07, 6.45) is 45.5. The van der Waals surface area contributed by atoms with Crippen LogP contribution >= 0.6 is 0 Å². The van der Waals surface area contributed by atoms with E-state index < -0.39 is 0 Å². The average molecular weight is 1580 g/mol. The second-order valence-electron chi connectivity index (χ2n) is 28.6. The van der Waals surface area contributed by atoms with Crippen LogP contribution in [0.4, 0.5) is 0 Å². The second kappa shape index (κ2) is 63.9. The number of aryl methyl sites for hydroxylation is 12. The minimum absolute atomic E-state index is 0.340. The second-order valence-corrected chi connectivity index (χ2v) is 28.6. The Morgan fingerprint density at radius 3 is 0.855 bits per heavy atom. The van der Waals surface area contributed by atoms with E-state index in [1.165, 1.54) is 196 Å². The number of aromatic nitrogens is 9. The topological polar surface area (TPSA) is 194 Å². The molecule has 15 rings (SSSR count). The van der Waals surface area contributed by atoms with Crippen LogP contribution in [-0.2, 0) is 77.0 Å². The summed E-state index contributed by atoms with van der Waals surface area (Å²) in [6.45, 7) is 26.1. The largest absolute Gasteiger partial charge is 0.508 e. The molecule has 0 aliphatic heterocycles. The van der Waals surface area contributed by atoms with E-state index in [2.05, 4.69) is 304 Å². The van der Waals surface area contributed by atoms with Crippen LogP contribution in [0.2, 0.25) is 0 Å². The molecule has 0 amide bonds. The third-order valence-corrected chi connectivity index (χ3v) is 19.0. The van der Waals surface area contributed by atoms with Gasteiger partial charge in [-0.2, -0.15) is 0 Å². The quantitative estimate of drug-likeness (QED) is 0.0289. The van der Waals surface area contributed by atoms with Gasteiger partial charge in [-0.05, 0) is 207 Å². The molecular formula is C105H141N9O3. The highest BCUT2D eigenvalue weighted by Gasteiger charge is 2.03. The zero-order valence-corrected chi connectivity index (χ0v) is 72.9. The molecule has 12 nitrogen and oxygen atoms in total. The van der Waals surface area contributed by atoms with Gasteiger partial charge in [0.1, 0.15) is 17.2 Å². The minimum Gasteiger partial charge on any atom is -0.508 e. The van der Waals surface area contributed by atoms with Gasteiger partial charge in [0.2, 0.25) is 0 Å². The van der Waals surface area contributed by atoms with Crippen molar-refractivity contribution in [1.82, 2.24) is 44.9 Å². The van der Waals surface area contributed by atoms with Crippen molar-refractivity contribution in [3.63, 3.8) is 0 Å². The van der Waals surface area contributed by atoms with E-state index in [9.17, 15) is 0 Å². The smallest absolute Gasteiger partial charge is 0.115 e. The van der Waals surface area contributed by atoms with Crippen LogP contribution in [-0.4, -0.2) is 60.2 Å². The fourth-order valence-corrected chi connectivity index (χ4v) is 12.1. The van der Waals surface area contributed by atoms with E-state index in [1.54, 1.807) is 55.4 Å². The molecule has 0 spiro atoms. The number of phenols is 3. The molecule has 15 aromatic rings. The van der Waals surface area contributed by atoms with Crippen LogP contribution in [0, 0.1) is 0 Å². The van der Waals surface area contributed by atoms with Gasteiger partial charge >= 0.3 is 0 Å². The van der Waals surface area contributed by atoms with Gasteiger partial charge in [0.25, 0.3) is 0 Å². The fraction of sp³-hybridized carbons (Fsp3) is 0.343. The summed E-state index contributed by atoms with van der Waals surface area (Å²) in [5, 5.41) is 30.9. The first-order chi connectivity index (χ1) is 57.3. The van der Waals surface area contributed by atoms with Gasteiger partial charge in [-0.25, -0.2) is 15.0 Å². The molecule has 624 valence electrons. The molecule has 0 unspecified atom stereocenters. The number of nitrogens with zero attached hydrogens (tertiary/aromatic N) is 3. The number of unbranched alkanes of at least 4 members (excludes halogenated alkanes) is 4. The molecule has 9 aromatic carbocycles. The van der Waals surface area contributed by atoms with E-state index in [0.717, 1.165) is 57.8 Å². The molecular weight excluding hydrogens is 1440 g/mol. The minimum atomic E-state index is 0.340. The maximum absolute atomic E-state index is 8.98. The Labute approximate surface area is 703 Å². The summed E-state index contributed by atoms with van der Waals surface area (Å²) >= 11 is 0. The normalized spacial score (nSPS) is 9.95. The Balaban J connectivity index is 0.000000269. The number of fused-ring (bicyclic) bond motifs is 3. The molecule has 12 heteroatoms. The van der Waals surface area contributed by atoms with E-state index >= 15 is 0 Å². The molecule has 0 radical (unpaired) electrons. The van der Waals surface area contributed by atoms with E-state index in [0.29, 0.717) is 17.2 Å². The molecule has 0 fully saturated rings. The number of phenolic OH excluding ortho intramolecular Hbond substituents is 3. The Hall–Kier alpha value is -11.4. The van der Waals surface area contributed by atoms with Crippen molar-refractivity contribution in [2.45, 2.75) is 237 Å². The van der Waals surface area contributed by atoms with Gasteiger partial charge in [0.05, 0.1) is 19.0 Å². The zero-order chi connectivity index (χ0) is 84.4. The van der Waals surface area contributed by atoms with Gasteiger partial charge in [-0.3, -0.25) is 0 Å². The third-order valence-electron chi connectivity index (χ3n) is 19.0. The van der Waals surface area contributed by atoms with E-state index in [1.807, 2.05) is 61.1 Å². The predicted molar refractivity (Wildman–Crippen MR) is 502 cm³/mol. The zero-order valence-electron chi connectivity index (χ0n) is 72.9. The van der Waals surface area contributed by atoms with Crippen LogP contribution in [0.25, 0.3) is 32.7 Å². The van der Waals surface area contributed by atoms with Crippen molar-refractivity contribution in [2.24, 2.45) is 0 Å². The monoisotopic (exact) mass is 1580 g/mol. The summed E-state index contributed by atoms with van der Waals surface area (Å²) in [6, 6.07) is 79.1. The summed E-state index contributed by atoms with van der Waals surface area (Å²) < 4.78 is 0. The van der Waals surface area contributed by atoms with Crippen molar-refractivity contribution < 1.29 is 15.3 Å². The van der Waals surface area contributed by atoms with Crippen molar-refractivity contribution >= 4 is 32.7 Å². The van der Waals surface area contributed by atoms with Crippen LogP contribution in [0.1, 0.15) is 227 Å². The molecule has 9 N–H and O–H groups in total. The highest BCUT2D eigenvalue weighted by molar-refractivity contribution is 5.84. The first-order valence-corrected chi connectivity index (χ1v) is 43.3. The predicted octanol–water partition coefficient (Wildman–Crippen LogP) is 28.4. The van der Waals surface area contributed by atoms with Gasteiger partial charge in [0.15, 0.2) is 0 Å². The molecule has 117 heavy (non-hydrogen) atoms. The number of para-hydroxylation sites is 3. The number of aromatic hydroxyl groups is 3. The SMILES string of the molecule is CCCCc1c[nH]c2ccccc12.CCCCc1ccc(O)cc1.CCCCc1ccccc1.CCCCc1cnc[nH]1.CCCc1c[nH]c2ccccc12.CCCc1ccc(O)cc1.CCCc1ccccc1.CCCc1cnc[nH]1.CCc1c[nH]c2ccccc12.CCc1ccc(O)cc1.CCc1ccccc1.CCc1cnc[nH]1. The number of hydrogen-bond donors (Lipinski definition) is 9. The number of hydrogen-bond acceptors (Lipinski definition) is 6.